The van der Waals surface area contributed by atoms with Crippen LogP contribution in [0.3, 0.4) is 0 Å². The molecule has 1 aliphatic heterocycles. The van der Waals surface area contributed by atoms with Gasteiger partial charge in [-0.05, 0) is 56.5 Å². The van der Waals surface area contributed by atoms with Crippen LogP contribution in [0.25, 0.3) is 0 Å². The van der Waals surface area contributed by atoms with Gasteiger partial charge in [0, 0.05) is 22.6 Å². The Balaban J connectivity index is 1.82. The number of benzene rings is 1. The molecule has 1 N–H and O–H groups in total. The van der Waals surface area contributed by atoms with Crippen molar-refractivity contribution in [2.24, 2.45) is 0 Å². The SMILES string of the molecule is O=C(N(Cc1ccc(Cl)cc1Cl)C1CCNCC1)C1(F)CC1. The summed E-state index contributed by atoms with van der Waals surface area (Å²) in [7, 11) is 0. The molecule has 1 saturated carbocycles. The minimum atomic E-state index is -1.65. The Morgan fingerprint density at radius 1 is 1.32 bits per heavy atom. The van der Waals surface area contributed by atoms with Crippen LogP contribution in [-0.2, 0) is 11.3 Å². The summed E-state index contributed by atoms with van der Waals surface area (Å²) in [6, 6.07) is 5.28. The Hall–Kier alpha value is -0.840. The van der Waals surface area contributed by atoms with Gasteiger partial charge in [-0.3, -0.25) is 4.79 Å². The number of piperidine rings is 1. The van der Waals surface area contributed by atoms with Gasteiger partial charge in [-0.15, -0.1) is 0 Å². The molecule has 1 aromatic rings. The van der Waals surface area contributed by atoms with Crippen molar-refractivity contribution >= 4 is 29.1 Å². The van der Waals surface area contributed by atoms with Gasteiger partial charge in [0.2, 0.25) is 0 Å². The zero-order chi connectivity index (χ0) is 15.7. The smallest absolute Gasteiger partial charge is 0.260 e. The standard InChI is InChI=1S/C16H19Cl2FN2O/c17-12-2-1-11(14(18)9-12)10-21(13-3-7-20-8-4-13)15(22)16(19)5-6-16/h1-2,9,13,20H,3-8,10H2. The lowest BCUT2D eigenvalue weighted by atomic mass is 10.0. The molecule has 2 fully saturated rings. The van der Waals surface area contributed by atoms with Crippen LogP contribution in [0.2, 0.25) is 10.0 Å². The van der Waals surface area contributed by atoms with Gasteiger partial charge in [-0.2, -0.15) is 0 Å². The fourth-order valence-electron chi connectivity index (χ4n) is 2.90. The lowest BCUT2D eigenvalue weighted by Gasteiger charge is -2.36. The lowest BCUT2D eigenvalue weighted by molar-refractivity contribution is -0.142. The maximum atomic E-state index is 14.3. The van der Waals surface area contributed by atoms with Gasteiger partial charge in [-0.25, -0.2) is 4.39 Å². The summed E-state index contributed by atoms with van der Waals surface area (Å²) in [6.45, 7) is 2.04. The first kappa shape index (κ1) is 16.0. The molecule has 0 aromatic heterocycles. The van der Waals surface area contributed by atoms with E-state index in [9.17, 15) is 9.18 Å². The normalized spacial score (nSPS) is 20.7. The molecule has 120 valence electrons. The van der Waals surface area contributed by atoms with Crippen LogP contribution in [0.15, 0.2) is 18.2 Å². The second kappa shape index (κ2) is 6.34. The number of carbonyl (C=O) groups is 1. The molecule has 22 heavy (non-hydrogen) atoms. The molecule has 1 heterocycles. The maximum absolute atomic E-state index is 14.3. The summed E-state index contributed by atoms with van der Waals surface area (Å²) >= 11 is 12.1. The van der Waals surface area contributed by atoms with Crippen LogP contribution in [0.5, 0.6) is 0 Å². The minimum absolute atomic E-state index is 0.0636. The molecule has 3 nitrogen and oxygen atoms in total. The van der Waals surface area contributed by atoms with Crippen molar-refractivity contribution in [1.82, 2.24) is 10.2 Å². The van der Waals surface area contributed by atoms with E-state index in [1.54, 1.807) is 17.0 Å². The zero-order valence-electron chi connectivity index (χ0n) is 12.2. The highest BCUT2D eigenvalue weighted by atomic mass is 35.5. The van der Waals surface area contributed by atoms with Crippen molar-refractivity contribution < 1.29 is 9.18 Å². The monoisotopic (exact) mass is 344 g/mol. The lowest BCUT2D eigenvalue weighted by Crippen LogP contribution is -2.49. The van der Waals surface area contributed by atoms with Gasteiger partial charge in [-0.1, -0.05) is 29.3 Å². The summed E-state index contributed by atoms with van der Waals surface area (Å²) < 4.78 is 14.3. The van der Waals surface area contributed by atoms with Gasteiger partial charge in [0.25, 0.3) is 5.91 Å². The Bertz CT molecular complexity index is 571. The molecule has 0 unspecified atom stereocenters. The van der Waals surface area contributed by atoms with Crippen molar-refractivity contribution in [3.8, 4) is 0 Å². The van der Waals surface area contributed by atoms with E-state index in [1.165, 1.54) is 0 Å². The number of amides is 1. The van der Waals surface area contributed by atoms with Crippen molar-refractivity contribution in [2.75, 3.05) is 13.1 Å². The van der Waals surface area contributed by atoms with Gasteiger partial charge in [0.15, 0.2) is 5.67 Å². The number of nitrogens with one attached hydrogen (secondary N) is 1. The molecular formula is C16H19Cl2FN2O. The van der Waals surface area contributed by atoms with Gasteiger partial charge in [0.1, 0.15) is 0 Å². The molecule has 0 spiro atoms. The molecular weight excluding hydrogens is 326 g/mol. The third-order valence-corrected chi connectivity index (χ3v) is 5.03. The van der Waals surface area contributed by atoms with Crippen molar-refractivity contribution in [3.63, 3.8) is 0 Å². The number of rotatable bonds is 4. The number of carbonyl (C=O) groups excluding carboxylic acids is 1. The largest absolute Gasteiger partial charge is 0.332 e. The molecule has 0 radical (unpaired) electrons. The third-order valence-electron chi connectivity index (χ3n) is 4.44. The fourth-order valence-corrected chi connectivity index (χ4v) is 3.37. The predicted molar refractivity (Wildman–Crippen MR) is 86.0 cm³/mol. The highest BCUT2D eigenvalue weighted by Gasteiger charge is 2.53. The minimum Gasteiger partial charge on any atom is -0.332 e. The number of halogens is 3. The molecule has 1 saturated heterocycles. The second-order valence-corrected chi connectivity index (χ2v) is 6.96. The first-order valence-corrected chi connectivity index (χ1v) is 8.40. The third kappa shape index (κ3) is 3.39. The summed E-state index contributed by atoms with van der Waals surface area (Å²) in [6.07, 6.45) is 2.35. The first-order chi connectivity index (χ1) is 10.5. The molecule has 3 rings (SSSR count). The van der Waals surface area contributed by atoms with E-state index >= 15 is 0 Å². The number of hydrogen-bond donors (Lipinski definition) is 1. The molecule has 0 bridgehead atoms. The van der Waals surface area contributed by atoms with Gasteiger partial charge in [0.05, 0.1) is 0 Å². The van der Waals surface area contributed by atoms with Crippen LogP contribution >= 0.6 is 23.2 Å². The van der Waals surface area contributed by atoms with Crippen molar-refractivity contribution in [3.05, 3.63) is 33.8 Å². The van der Waals surface area contributed by atoms with Crippen molar-refractivity contribution in [2.45, 2.75) is 43.9 Å². The molecule has 1 aromatic carbocycles. The Morgan fingerprint density at radius 3 is 2.59 bits per heavy atom. The highest BCUT2D eigenvalue weighted by Crippen LogP contribution is 2.42. The quantitative estimate of drug-likeness (QED) is 0.905. The maximum Gasteiger partial charge on any atom is 0.260 e. The average molecular weight is 345 g/mol. The summed E-state index contributed by atoms with van der Waals surface area (Å²) in [5, 5.41) is 4.34. The topological polar surface area (TPSA) is 32.3 Å². The number of hydrogen-bond acceptors (Lipinski definition) is 2. The second-order valence-electron chi connectivity index (χ2n) is 6.12. The van der Waals surface area contributed by atoms with Gasteiger partial charge >= 0.3 is 0 Å². The Morgan fingerprint density at radius 2 is 2.00 bits per heavy atom. The highest BCUT2D eigenvalue weighted by molar-refractivity contribution is 6.35. The summed E-state index contributed by atoms with van der Waals surface area (Å²) in [5.41, 5.74) is -0.841. The van der Waals surface area contributed by atoms with E-state index in [2.05, 4.69) is 5.32 Å². The van der Waals surface area contributed by atoms with E-state index in [0.29, 0.717) is 29.4 Å². The first-order valence-electron chi connectivity index (χ1n) is 7.64. The van der Waals surface area contributed by atoms with Crippen molar-refractivity contribution in [1.29, 1.82) is 0 Å². The Labute approximate surface area is 139 Å². The van der Waals surface area contributed by atoms with E-state index in [-0.39, 0.29) is 11.9 Å². The van der Waals surface area contributed by atoms with E-state index in [1.807, 2.05) is 6.07 Å². The predicted octanol–water partition coefficient (Wildman–Crippen LogP) is 3.58. The fraction of sp³-hybridized carbons (Fsp3) is 0.562. The molecule has 1 amide bonds. The van der Waals surface area contributed by atoms with E-state index in [4.69, 9.17) is 23.2 Å². The van der Waals surface area contributed by atoms with E-state index < -0.39 is 5.67 Å². The zero-order valence-corrected chi connectivity index (χ0v) is 13.8. The molecule has 6 heteroatoms. The molecule has 2 aliphatic rings. The van der Waals surface area contributed by atoms with Gasteiger partial charge < -0.3 is 10.2 Å². The van der Waals surface area contributed by atoms with E-state index in [0.717, 1.165) is 31.5 Å². The van der Waals surface area contributed by atoms with Crippen LogP contribution in [0.1, 0.15) is 31.2 Å². The summed E-state index contributed by atoms with van der Waals surface area (Å²) in [4.78, 5) is 14.3. The summed E-state index contributed by atoms with van der Waals surface area (Å²) in [5.74, 6) is -0.384. The Kier molecular flexibility index (Phi) is 4.62. The molecule has 0 atom stereocenters. The number of alkyl halides is 1. The van der Waals surface area contributed by atoms with Crippen LogP contribution in [0, 0.1) is 0 Å². The van der Waals surface area contributed by atoms with Crippen LogP contribution in [-0.4, -0.2) is 35.6 Å². The average Bonchev–Trinajstić information content (AvgIpc) is 3.26. The van der Waals surface area contributed by atoms with Crippen LogP contribution < -0.4 is 5.32 Å². The number of nitrogens with zero attached hydrogens (tertiary/aromatic N) is 1. The molecule has 1 aliphatic carbocycles. The van der Waals surface area contributed by atoms with Crippen LogP contribution in [0.4, 0.5) is 4.39 Å².